The summed E-state index contributed by atoms with van der Waals surface area (Å²) in [7, 11) is 0. The predicted octanol–water partition coefficient (Wildman–Crippen LogP) is 4.09. The second-order valence-corrected chi connectivity index (χ2v) is 5.65. The zero-order chi connectivity index (χ0) is 15.0. The molecular formula is C18H20O3. The van der Waals surface area contributed by atoms with Gasteiger partial charge in [-0.25, -0.2) is 0 Å². The van der Waals surface area contributed by atoms with Crippen LogP contribution in [0.4, 0.5) is 0 Å². The third kappa shape index (κ3) is 2.54. The number of ether oxygens (including phenoxy) is 1. The summed E-state index contributed by atoms with van der Waals surface area (Å²) in [5.74, 6) is 1.63. The molecule has 0 fully saturated rings. The highest BCUT2D eigenvalue weighted by molar-refractivity contribution is 5.99. The molecule has 0 N–H and O–H groups in total. The number of hydrogen-bond donors (Lipinski definition) is 0. The molecule has 0 amide bonds. The van der Waals surface area contributed by atoms with E-state index in [2.05, 4.69) is 12.1 Å². The van der Waals surface area contributed by atoms with Crippen LogP contribution < -0.4 is 0 Å². The molecule has 1 atom stereocenters. The largest absolute Gasteiger partial charge is 0.466 e. The van der Waals surface area contributed by atoms with Gasteiger partial charge in [-0.2, -0.15) is 0 Å². The maximum absolute atomic E-state index is 12.6. The molecule has 1 unspecified atom stereocenters. The summed E-state index contributed by atoms with van der Waals surface area (Å²) in [4.78, 5) is 12.6. The van der Waals surface area contributed by atoms with E-state index < -0.39 is 0 Å². The maximum atomic E-state index is 12.6. The van der Waals surface area contributed by atoms with E-state index in [1.165, 1.54) is 5.56 Å². The number of fused-ring (bicyclic) bond motifs is 1. The smallest absolute Gasteiger partial charge is 0.169 e. The van der Waals surface area contributed by atoms with Crippen molar-refractivity contribution in [2.24, 2.45) is 0 Å². The zero-order valence-electron chi connectivity index (χ0n) is 12.7. The second-order valence-electron chi connectivity index (χ2n) is 5.65. The van der Waals surface area contributed by atoms with Gasteiger partial charge in [0, 0.05) is 12.0 Å². The molecule has 110 valence electrons. The highest BCUT2D eigenvalue weighted by atomic mass is 16.5. The van der Waals surface area contributed by atoms with Crippen LogP contribution in [0.5, 0.6) is 0 Å². The van der Waals surface area contributed by atoms with Crippen LogP contribution in [0, 0.1) is 20.8 Å². The number of furan rings is 1. The van der Waals surface area contributed by atoms with Gasteiger partial charge in [0.1, 0.15) is 11.5 Å². The Labute approximate surface area is 124 Å². The van der Waals surface area contributed by atoms with Crippen LogP contribution in [-0.2, 0) is 11.2 Å². The van der Waals surface area contributed by atoms with E-state index in [0.717, 1.165) is 28.9 Å². The van der Waals surface area contributed by atoms with Crippen molar-refractivity contribution in [2.45, 2.75) is 39.7 Å². The van der Waals surface area contributed by atoms with E-state index in [9.17, 15) is 4.79 Å². The summed E-state index contributed by atoms with van der Waals surface area (Å²) in [6.45, 7) is 6.36. The summed E-state index contributed by atoms with van der Waals surface area (Å²) in [6.07, 6.45) is 1.15. The Morgan fingerprint density at radius 1 is 1.19 bits per heavy atom. The molecule has 0 saturated carbocycles. The SMILES string of the molecule is Cc1oc(C)c(C(=O)CC2OCCc3ccccc32)c1C. The van der Waals surface area contributed by atoms with Gasteiger partial charge in [0.15, 0.2) is 5.78 Å². The topological polar surface area (TPSA) is 39.4 Å². The standard InChI is InChI=1S/C18H20O3/c1-11-12(2)21-13(3)18(11)16(19)10-17-15-7-5-4-6-14(15)8-9-20-17/h4-7,17H,8-10H2,1-3H3. The molecule has 1 aliphatic heterocycles. The molecule has 3 rings (SSSR count). The van der Waals surface area contributed by atoms with Crippen molar-refractivity contribution >= 4 is 5.78 Å². The van der Waals surface area contributed by atoms with E-state index in [4.69, 9.17) is 9.15 Å². The molecule has 0 saturated heterocycles. The number of aryl methyl sites for hydroxylation is 2. The Morgan fingerprint density at radius 2 is 1.95 bits per heavy atom. The second kappa shape index (κ2) is 5.49. The minimum Gasteiger partial charge on any atom is -0.466 e. The third-order valence-electron chi connectivity index (χ3n) is 4.30. The van der Waals surface area contributed by atoms with Crippen LogP contribution in [0.3, 0.4) is 0 Å². The summed E-state index contributed by atoms with van der Waals surface area (Å²) in [5, 5.41) is 0. The first-order chi connectivity index (χ1) is 10.1. The fourth-order valence-corrected chi connectivity index (χ4v) is 3.12. The fraction of sp³-hybridized carbons (Fsp3) is 0.389. The lowest BCUT2D eigenvalue weighted by Gasteiger charge is -2.25. The highest BCUT2D eigenvalue weighted by Gasteiger charge is 2.26. The molecular weight excluding hydrogens is 264 g/mol. The molecule has 2 aromatic rings. The number of carbonyl (C=O) groups is 1. The predicted molar refractivity (Wildman–Crippen MR) is 80.7 cm³/mol. The molecule has 0 bridgehead atoms. The van der Waals surface area contributed by atoms with Crippen LogP contribution in [0.2, 0.25) is 0 Å². The van der Waals surface area contributed by atoms with Crippen molar-refractivity contribution in [3.63, 3.8) is 0 Å². The van der Waals surface area contributed by atoms with Crippen LogP contribution in [0.15, 0.2) is 28.7 Å². The van der Waals surface area contributed by atoms with Crippen molar-refractivity contribution < 1.29 is 13.9 Å². The summed E-state index contributed by atoms with van der Waals surface area (Å²) >= 11 is 0. The Bertz CT molecular complexity index is 682. The molecule has 0 radical (unpaired) electrons. The van der Waals surface area contributed by atoms with Crippen molar-refractivity contribution in [2.75, 3.05) is 6.61 Å². The number of Topliss-reactive ketones (excluding diaryl/α,β-unsaturated/α-hetero) is 1. The lowest BCUT2D eigenvalue weighted by atomic mass is 9.92. The normalized spacial score (nSPS) is 17.6. The van der Waals surface area contributed by atoms with Gasteiger partial charge < -0.3 is 9.15 Å². The Morgan fingerprint density at radius 3 is 2.67 bits per heavy atom. The molecule has 0 spiro atoms. The number of carbonyl (C=O) groups excluding carboxylic acids is 1. The summed E-state index contributed by atoms with van der Waals surface area (Å²) < 4.78 is 11.4. The van der Waals surface area contributed by atoms with E-state index >= 15 is 0 Å². The van der Waals surface area contributed by atoms with Crippen molar-refractivity contribution in [1.82, 2.24) is 0 Å². The number of hydrogen-bond acceptors (Lipinski definition) is 3. The van der Waals surface area contributed by atoms with Gasteiger partial charge in [-0.15, -0.1) is 0 Å². The van der Waals surface area contributed by atoms with Gasteiger partial charge in [0.05, 0.1) is 18.3 Å². The van der Waals surface area contributed by atoms with Crippen LogP contribution in [0.1, 0.15) is 51.1 Å². The first kappa shape index (κ1) is 14.1. The van der Waals surface area contributed by atoms with Crippen LogP contribution in [-0.4, -0.2) is 12.4 Å². The third-order valence-corrected chi connectivity index (χ3v) is 4.30. The molecule has 21 heavy (non-hydrogen) atoms. The lowest BCUT2D eigenvalue weighted by molar-refractivity contribution is 0.0351. The van der Waals surface area contributed by atoms with E-state index in [-0.39, 0.29) is 11.9 Å². The van der Waals surface area contributed by atoms with E-state index in [0.29, 0.717) is 18.8 Å². The number of ketones is 1. The summed E-state index contributed by atoms with van der Waals surface area (Å²) in [6, 6.07) is 8.22. The van der Waals surface area contributed by atoms with Gasteiger partial charge in [-0.1, -0.05) is 24.3 Å². The van der Waals surface area contributed by atoms with E-state index in [1.54, 1.807) is 0 Å². The molecule has 1 aliphatic rings. The van der Waals surface area contributed by atoms with Gasteiger partial charge >= 0.3 is 0 Å². The van der Waals surface area contributed by atoms with Crippen molar-refractivity contribution in [3.05, 3.63) is 58.0 Å². The minimum atomic E-state index is -0.142. The van der Waals surface area contributed by atoms with Crippen LogP contribution in [0.25, 0.3) is 0 Å². The lowest BCUT2D eigenvalue weighted by Crippen LogP contribution is -2.19. The van der Waals surface area contributed by atoms with Gasteiger partial charge in [0.2, 0.25) is 0 Å². The Kier molecular flexibility index (Phi) is 3.68. The van der Waals surface area contributed by atoms with Gasteiger partial charge in [-0.05, 0) is 38.3 Å². The van der Waals surface area contributed by atoms with Gasteiger partial charge in [0.25, 0.3) is 0 Å². The maximum Gasteiger partial charge on any atom is 0.169 e. The number of benzene rings is 1. The van der Waals surface area contributed by atoms with E-state index in [1.807, 2.05) is 32.9 Å². The molecule has 1 aromatic heterocycles. The fourth-order valence-electron chi connectivity index (χ4n) is 3.12. The first-order valence-electron chi connectivity index (χ1n) is 7.37. The van der Waals surface area contributed by atoms with Crippen LogP contribution >= 0.6 is 0 Å². The minimum absolute atomic E-state index is 0.101. The van der Waals surface area contributed by atoms with Gasteiger partial charge in [-0.3, -0.25) is 4.79 Å². The molecule has 2 heterocycles. The van der Waals surface area contributed by atoms with Crippen molar-refractivity contribution in [3.8, 4) is 0 Å². The van der Waals surface area contributed by atoms with Crippen molar-refractivity contribution in [1.29, 1.82) is 0 Å². The molecule has 3 nitrogen and oxygen atoms in total. The number of rotatable bonds is 3. The molecule has 1 aromatic carbocycles. The average molecular weight is 284 g/mol. The Hall–Kier alpha value is -1.87. The summed E-state index contributed by atoms with van der Waals surface area (Å²) in [5.41, 5.74) is 4.10. The first-order valence-corrected chi connectivity index (χ1v) is 7.37. The zero-order valence-corrected chi connectivity index (χ0v) is 12.7. The Balaban J connectivity index is 1.86. The quantitative estimate of drug-likeness (QED) is 0.797. The highest BCUT2D eigenvalue weighted by Crippen LogP contribution is 2.32. The molecule has 3 heteroatoms. The molecule has 0 aliphatic carbocycles. The monoisotopic (exact) mass is 284 g/mol. The average Bonchev–Trinajstić information content (AvgIpc) is 2.72.